The van der Waals surface area contributed by atoms with Crippen LogP contribution >= 0.6 is 0 Å². The van der Waals surface area contributed by atoms with Gasteiger partial charge in [-0.1, -0.05) is 42.5 Å². The highest BCUT2D eigenvalue weighted by Gasteiger charge is 2.36. The molecular weight excluding hydrogens is 464 g/mol. The van der Waals surface area contributed by atoms with E-state index in [4.69, 9.17) is 9.47 Å². The molecule has 2 heterocycles. The molecule has 6 nitrogen and oxygen atoms in total. The molecule has 1 fully saturated rings. The van der Waals surface area contributed by atoms with Crippen molar-refractivity contribution in [3.8, 4) is 11.5 Å². The van der Waals surface area contributed by atoms with Crippen molar-refractivity contribution in [3.05, 3.63) is 95.1 Å². The Morgan fingerprint density at radius 2 is 1.81 bits per heavy atom. The maximum Gasteiger partial charge on any atom is 0.237 e. The van der Waals surface area contributed by atoms with E-state index in [1.165, 1.54) is 12.1 Å². The lowest BCUT2D eigenvalue weighted by Crippen LogP contribution is -2.43. The minimum atomic E-state index is -0.594. The van der Waals surface area contributed by atoms with Gasteiger partial charge in [0.15, 0.2) is 11.5 Å². The van der Waals surface area contributed by atoms with E-state index < -0.39 is 11.6 Å². The first-order valence-electron chi connectivity index (χ1n) is 12.2. The SMILES string of the molecule is O=C(NCCc1ccc2c(c1)OCO2)[C@@H]1C[C@@H](NCc2ccc(F)cc2F)CN1Cc1ccccc1. The number of hydrogen-bond donors (Lipinski definition) is 2. The van der Waals surface area contributed by atoms with Crippen LogP contribution in [0, 0.1) is 11.6 Å². The summed E-state index contributed by atoms with van der Waals surface area (Å²) in [6.45, 7) is 2.31. The predicted molar refractivity (Wildman–Crippen MR) is 132 cm³/mol. The minimum Gasteiger partial charge on any atom is -0.454 e. The number of fused-ring (bicyclic) bond motifs is 1. The number of nitrogens with one attached hydrogen (secondary N) is 2. The van der Waals surface area contributed by atoms with Gasteiger partial charge in [0.1, 0.15) is 11.6 Å². The topological polar surface area (TPSA) is 62.8 Å². The lowest BCUT2D eigenvalue weighted by Gasteiger charge is -2.23. The third kappa shape index (κ3) is 5.83. The fourth-order valence-corrected chi connectivity index (χ4v) is 4.78. The summed E-state index contributed by atoms with van der Waals surface area (Å²) in [4.78, 5) is 15.4. The van der Waals surface area contributed by atoms with Crippen molar-refractivity contribution in [2.45, 2.75) is 38.0 Å². The zero-order chi connectivity index (χ0) is 24.9. The number of hydrogen-bond acceptors (Lipinski definition) is 5. The molecule has 2 aliphatic heterocycles. The van der Waals surface area contributed by atoms with Crippen LogP contribution in [-0.2, 0) is 24.3 Å². The van der Waals surface area contributed by atoms with Gasteiger partial charge in [-0.3, -0.25) is 9.69 Å². The summed E-state index contributed by atoms with van der Waals surface area (Å²) >= 11 is 0. The minimum absolute atomic E-state index is 0.00257. The second kappa shape index (κ2) is 11.1. The van der Waals surface area contributed by atoms with Crippen LogP contribution in [0.25, 0.3) is 0 Å². The van der Waals surface area contributed by atoms with Gasteiger partial charge < -0.3 is 20.1 Å². The van der Waals surface area contributed by atoms with Crippen LogP contribution < -0.4 is 20.1 Å². The van der Waals surface area contributed by atoms with Gasteiger partial charge in [-0.15, -0.1) is 0 Å². The molecule has 8 heteroatoms. The fraction of sp³-hybridized carbons (Fsp3) is 0.321. The Kier molecular flexibility index (Phi) is 7.44. The molecule has 0 spiro atoms. The molecule has 0 radical (unpaired) electrons. The average Bonchev–Trinajstić information content (AvgIpc) is 3.51. The first-order valence-corrected chi connectivity index (χ1v) is 12.2. The maximum atomic E-state index is 14.1. The number of nitrogens with zero attached hydrogens (tertiary/aromatic N) is 1. The predicted octanol–water partition coefficient (Wildman–Crippen LogP) is 3.79. The van der Waals surface area contributed by atoms with Gasteiger partial charge >= 0.3 is 0 Å². The lowest BCUT2D eigenvalue weighted by atomic mass is 10.1. The van der Waals surface area contributed by atoms with E-state index >= 15 is 0 Å². The molecule has 5 rings (SSSR count). The van der Waals surface area contributed by atoms with Crippen molar-refractivity contribution in [1.82, 2.24) is 15.5 Å². The summed E-state index contributed by atoms with van der Waals surface area (Å²) in [6.07, 6.45) is 1.28. The highest BCUT2D eigenvalue weighted by atomic mass is 19.1. The number of benzene rings is 3. The van der Waals surface area contributed by atoms with E-state index in [0.717, 1.165) is 28.7 Å². The molecular formula is C28H29F2N3O3. The van der Waals surface area contributed by atoms with Gasteiger partial charge in [0.2, 0.25) is 12.7 Å². The van der Waals surface area contributed by atoms with Crippen LogP contribution in [-0.4, -0.2) is 42.8 Å². The molecule has 0 aliphatic carbocycles. The monoisotopic (exact) mass is 493 g/mol. The molecule has 0 saturated carbocycles. The fourth-order valence-electron chi connectivity index (χ4n) is 4.78. The quantitative estimate of drug-likeness (QED) is 0.475. The second-order valence-electron chi connectivity index (χ2n) is 9.21. The third-order valence-electron chi connectivity index (χ3n) is 6.68. The van der Waals surface area contributed by atoms with Crippen LogP contribution in [0.3, 0.4) is 0 Å². The molecule has 2 aliphatic rings. The van der Waals surface area contributed by atoms with Crippen LogP contribution in [0.15, 0.2) is 66.7 Å². The van der Waals surface area contributed by atoms with Crippen LogP contribution in [0.5, 0.6) is 11.5 Å². The number of carbonyl (C=O) groups excluding carboxylic acids is 1. The van der Waals surface area contributed by atoms with Crippen molar-refractivity contribution in [1.29, 1.82) is 0 Å². The Morgan fingerprint density at radius 3 is 2.64 bits per heavy atom. The van der Waals surface area contributed by atoms with E-state index in [1.807, 2.05) is 48.5 Å². The highest BCUT2D eigenvalue weighted by Crippen LogP contribution is 2.32. The normalized spacial score (nSPS) is 18.9. The standard InChI is InChI=1S/C28H29F2N3O3/c29-22-8-7-21(24(30)13-22)15-32-23-14-25(33(17-23)16-20-4-2-1-3-5-20)28(34)31-11-10-19-6-9-26-27(12-19)36-18-35-26/h1-9,12-13,23,25,32H,10-11,14-18H2,(H,31,34)/t23-,25+/m1/s1. The smallest absolute Gasteiger partial charge is 0.237 e. The van der Waals surface area contributed by atoms with Crippen LogP contribution in [0.1, 0.15) is 23.1 Å². The van der Waals surface area contributed by atoms with E-state index in [0.29, 0.717) is 38.0 Å². The van der Waals surface area contributed by atoms with Gasteiger partial charge in [0.05, 0.1) is 6.04 Å². The molecule has 0 bridgehead atoms. The molecule has 2 atom stereocenters. The molecule has 0 unspecified atom stereocenters. The molecule has 36 heavy (non-hydrogen) atoms. The van der Waals surface area contributed by atoms with Crippen molar-refractivity contribution in [3.63, 3.8) is 0 Å². The summed E-state index contributed by atoms with van der Waals surface area (Å²) in [5.41, 5.74) is 2.59. The van der Waals surface area contributed by atoms with E-state index in [-0.39, 0.29) is 31.3 Å². The van der Waals surface area contributed by atoms with Crippen molar-refractivity contribution in [2.75, 3.05) is 19.9 Å². The molecule has 0 aromatic heterocycles. The number of ether oxygens (including phenoxy) is 2. The van der Waals surface area contributed by atoms with Crippen LogP contribution in [0.4, 0.5) is 8.78 Å². The molecule has 3 aromatic rings. The van der Waals surface area contributed by atoms with Crippen molar-refractivity contribution < 1.29 is 23.0 Å². The second-order valence-corrected chi connectivity index (χ2v) is 9.21. The molecule has 2 N–H and O–H groups in total. The highest BCUT2D eigenvalue weighted by molar-refractivity contribution is 5.82. The summed E-state index contributed by atoms with van der Waals surface area (Å²) in [5.74, 6) is 0.284. The van der Waals surface area contributed by atoms with Gasteiger partial charge in [-0.2, -0.15) is 0 Å². The zero-order valence-corrected chi connectivity index (χ0v) is 19.9. The Hall–Kier alpha value is -3.49. The Balaban J connectivity index is 1.20. The lowest BCUT2D eigenvalue weighted by molar-refractivity contribution is -0.125. The van der Waals surface area contributed by atoms with Gasteiger partial charge in [-0.05, 0) is 42.2 Å². The van der Waals surface area contributed by atoms with Crippen LogP contribution in [0.2, 0.25) is 0 Å². The Bertz CT molecular complexity index is 1210. The number of halogens is 2. The summed E-state index contributed by atoms with van der Waals surface area (Å²) < 4.78 is 38.1. The molecule has 3 aromatic carbocycles. The van der Waals surface area contributed by atoms with E-state index in [2.05, 4.69) is 15.5 Å². The van der Waals surface area contributed by atoms with Crippen molar-refractivity contribution in [2.24, 2.45) is 0 Å². The zero-order valence-electron chi connectivity index (χ0n) is 19.9. The van der Waals surface area contributed by atoms with Gasteiger partial charge in [0, 0.05) is 43.9 Å². The molecule has 1 amide bonds. The van der Waals surface area contributed by atoms with E-state index in [9.17, 15) is 13.6 Å². The maximum absolute atomic E-state index is 14.1. The van der Waals surface area contributed by atoms with Crippen molar-refractivity contribution >= 4 is 5.91 Å². The summed E-state index contributed by atoms with van der Waals surface area (Å²) in [5, 5.41) is 6.44. The third-order valence-corrected chi connectivity index (χ3v) is 6.68. The number of amides is 1. The first-order chi connectivity index (χ1) is 17.5. The van der Waals surface area contributed by atoms with E-state index in [1.54, 1.807) is 0 Å². The largest absolute Gasteiger partial charge is 0.454 e. The first kappa shape index (κ1) is 24.2. The molecule has 1 saturated heterocycles. The van der Waals surface area contributed by atoms with Gasteiger partial charge in [0.25, 0.3) is 0 Å². The molecule has 188 valence electrons. The number of carbonyl (C=O) groups is 1. The average molecular weight is 494 g/mol. The number of likely N-dealkylation sites (tertiary alicyclic amines) is 1. The Labute approximate surface area is 209 Å². The number of rotatable bonds is 9. The summed E-state index contributed by atoms with van der Waals surface area (Å²) in [7, 11) is 0. The van der Waals surface area contributed by atoms with Gasteiger partial charge in [-0.25, -0.2) is 8.78 Å². The summed E-state index contributed by atoms with van der Waals surface area (Å²) in [6, 6.07) is 19.1. The Morgan fingerprint density at radius 1 is 0.972 bits per heavy atom.